The van der Waals surface area contributed by atoms with E-state index in [4.69, 9.17) is 15.2 Å². The zero-order valence-corrected chi connectivity index (χ0v) is 9.82. The van der Waals surface area contributed by atoms with Gasteiger partial charge < -0.3 is 15.2 Å². The molecule has 1 heterocycles. The first-order chi connectivity index (χ1) is 8.24. The van der Waals surface area contributed by atoms with E-state index in [-0.39, 0.29) is 5.82 Å². The van der Waals surface area contributed by atoms with Crippen LogP contribution in [0.4, 0.5) is 10.1 Å². The molecular weight excluding hydrogens is 221 g/mol. The molecule has 1 aliphatic rings. The van der Waals surface area contributed by atoms with Gasteiger partial charge in [0.05, 0.1) is 13.2 Å². The third-order valence-corrected chi connectivity index (χ3v) is 2.94. The van der Waals surface area contributed by atoms with Gasteiger partial charge in [0.15, 0.2) is 0 Å². The smallest absolute Gasteiger partial charge is 0.125 e. The molecule has 1 fully saturated rings. The molecule has 1 saturated heterocycles. The maximum atomic E-state index is 13.1. The Morgan fingerprint density at radius 2 is 2.06 bits per heavy atom. The summed E-state index contributed by atoms with van der Waals surface area (Å²) in [6.45, 7) is 2.76. The Balaban J connectivity index is 1.77. The predicted molar refractivity (Wildman–Crippen MR) is 64.0 cm³/mol. The molecule has 0 spiro atoms. The lowest BCUT2D eigenvalue weighted by atomic mass is 10.0. The summed E-state index contributed by atoms with van der Waals surface area (Å²) in [5.41, 5.74) is 6.79. The number of ether oxygens (including phenoxy) is 2. The molecule has 0 aromatic heterocycles. The molecule has 17 heavy (non-hydrogen) atoms. The summed E-state index contributed by atoms with van der Waals surface area (Å²) >= 11 is 0. The molecule has 1 aliphatic heterocycles. The first kappa shape index (κ1) is 12.3. The highest BCUT2D eigenvalue weighted by molar-refractivity contribution is 5.41. The predicted octanol–water partition coefficient (Wildman–Crippen LogP) is 2.35. The zero-order chi connectivity index (χ0) is 12.1. The van der Waals surface area contributed by atoms with E-state index in [0.29, 0.717) is 24.8 Å². The van der Waals surface area contributed by atoms with Crippen molar-refractivity contribution in [1.29, 1.82) is 0 Å². The summed E-state index contributed by atoms with van der Waals surface area (Å²) in [7, 11) is 0. The Morgan fingerprint density at radius 1 is 1.29 bits per heavy atom. The number of anilines is 1. The van der Waals surface area contributed by atoms with Crippen LogP contribution in [0, 0.1) is 11.7 Å². The quantitative estimate of drug-likeness (QED) is 0.820. The largest absolute Gasteiger partial charge is 0.399 e. The van der Waals surface area contributed by atoms with Crippen LogP contribution in [-0.2, 0) is 16.1 Å². The highest BCUT2D eigenvalue weighted by Crippen LogP contribution is 2.16. The summed E-state index contributed by atoms with van der Waals surface area (Å²) in [5.74, 6) is 0.254. The van der Waals surface area contributed by atoms with Gasteiger partial charge in [0.1, 0.15) is 5.82 Å². The van der Waals surface area contributed by atoms with Crippen molar-refractivity contribution in [3.63, 3.8) is 0 Å². The molecule has 2 N–H and O–H groups in total. The lowest BCUT2D eigenvalue weighted by molar-refractivity contribution is 0.0157. The van der Waals surface area contributed by atoms with Gasteiger partial charge in [0, 0.05) is 18.9 Å². The summed E-state index contributed by atoms with van der Waals surface area (Å²) in [6, 6.07) is 4.51. The van der Waals surface area contributed by atoms with E-state index in [0.717, 1.165) is 31.6 Å². The molecule has 0 amide bonds. The lowest BCUT2D eigenvalue weighted by Crippen LogP contribution is -2.20. The normalized spacial score (nSPS) is 17.2. The van der Waals surface area contributed by atoms with Gasteiger partial charge in [-0.15, -0.1) is 0 Å². The Labute approximate surface area is 101 Å². The van der Waals surface area contributed by atoms with Gasteiger partial charge >= 0.3 is 0 Å². The van der Waals surface area contributed by atoms with Crippen molar-refractivity contribution in [1.82, 2.24) is 0 Å². The van der Waals surface area contributed by atoms with E-state index >= 15 is 0 Å². The molecule has 0 saturated carbocycles. The molecule has 0 bridgehead atoms. The number of nitrogen functional groups attached to an aromatic ring is 1. The van der Waals surface area contributed by atoms with E-state index in [1.807, 2.05) is 0 Å². The number of hydrogen-bond donors (Lipinski definition) is 1. The number of benzene rings is 1. The monoisotopic (exact) mass is 239 g/mol. The van der Waals surface area contributed by atoms with Crippen molar-refractivity contribution in [3.8, 4) is 0 Å². The van der Waals surface area contributed by atoms with Crippen LogP contribution < -0.4 is 5.73 Å². The summed E-state index contributed by atoms with van der Waals surface area (Å²) < 4.78 is 23.9. The van der Waals surface area contributed by atoms with E-state index in [1.165, 1.54) is 12.1 Å². The molecule has 1 aromatic rings. The highest BCUT2D eigenvalue weighted by atomic mass is 19.1. The van der Waals surface area contributed by atoms with Crippen molar-refractivity contribution in [3.05, 3.63) is 29.6 Å². The van der Waals surface area contributed by atoms with Crippen molar-refractivity contribution in [2.45, 2.75) is 19.4 Å². The second-order valence-electron chi connectivity index (χ2n) is 4.46. The zero-order valence-electron chi connectivity index (χ0n) is 9.82. The second-order valence-corrected chi connectivity index (χ2v) is 4.46. The number of halogens is 1. The number of nitrogens with two attached hydrogens (primary N) is 1. The number of rotatable bonds is 4. The standard InChI is InChI=1S/C13H18FNO2/c14-12-5-11(6-13(15)7-12)9-17-8-10-1-3-16-4-2-10/h5-7,10H,1-4,8-9,15H2. The third-order valence-electron chi connectivity index (χ3n) is 2.94. The van der Waals surface area contributed by atoms with Crippen molar-refractivity contribution in [2.75, 3.05) is 25.6 Å². The maximum Gasteiger partial charge on any atom is 0.125 e. The Bertz CT molecular complexity index is 344. The second kappa shape index (κ2) is 5.98. The van der Waals surface area contributed by atoms with Gasteiger partial charge in [-0.1, -0.05) is 0 Å². The molecule has 0 aliphatic carbocycles. The minimum Gasteiger partial charge on any atom is -0.399 e. The highest BCUT2D eigenvalue weighted by Gasteiger charge is 2.13. The first-order valence-corrected chi connectivity index (χ1v) is 5.94. The minimum atomic E-state index is -0.310. The van der Waals surface area contributed by atoms with Crippen LogP contribution in [0.2, 0.25) is 0 Å². The molecule has 94 valence electrons. The Kier molecular flexibility index (Phi) is 4.34. The van der Waals surface area contributed by atoms with Gasteiger partial charge in [-0.2, -0.15) is 0 Å². The van der Waals surface area contributed by atoms with Gasteiger partial charge in [-0.05, 0) is 42.5 Å². The lowest BCUT2D eigenvalue weighted by Gasteiger charge is -2.21. The van der Waals surface area contributed by atoms with Gasteiger partial charge in [-0.3, -0.25) is 0 Å². The average Bonchev–Trinajstić information content (AvgIpc) is 2.29. The first-order valence-electron chi connectivity index (χ1n) is 5.94. The molecule has 3 nitrogen and oxygen atoms in total. The average molecular weight is 239 g/mol. The molecular formula is C13H18FNO2. The fourth-order valence-corrected chi connectivity index (χ4v) is 2.02. The van der Waals surface area contributed by atoms with Crippen LogP contribution in [0.3, 0.4) is 0 Å². The summed E-state index contributed by atoms with van der Waals surface area (Å²) in [5, 5.41) is 0. The van der Waals surface area contributed by atoms with Gasteiger partial charge in [0.25, 0.3) is 0 Å². The minimum absolute atomic E-state index is 0.310. The summed E-state index contributed by atoms with van der Waals surface area (Å²) in [4.78, 5) is 0. The van der Waals surface area contributed by atoms with E-state index < -0.39 is 0 Å². The van der Waals surface area contributed by atoms with Crippen LogP contribution in [-0.4, -0.2) is 19.8 Å². The van der Waals surface area contributed by atoms with Crippen molar-refractivity contribution < 1.29 is 13.9 Å². The van der Waals surface area contributed by atoms with E-state index in [9.17, 15) is 4.39 Å². The summed E-state index contributed by atoms with van der Waals surface area (Å²) in [6.07, 6.45) is 2.09. The van der Waals surface area contributed by atoms with Crippen LogP contribution in [0.25, 0.3) is 0 Å². The topological polar surface area (TPSA) is 44.5 Å². The van der Waals surface area contributed by atoms with Gasteiger partial charge in [0.2, 0.25) is 0 Å². The van der Waals surface area contributed by atoms with Crippen LogP contribution >= 0.6 is 0 Å². The Morgan fingerprint density at radius 3 is 2.76 bits per heavy atom. The van der Waals surface area contributed by atoms with E-state index in [2.05, 4.69) is 0 Å². The number of hydrogen-bond acceptors (Lipinski definition) is 3. The van der Waals surface area contributed by atoms with Crippen LogP contribution in [0.15, 0.2) is 18.2 Å². The third kappa shape index (κ3) is 3.98. The molecule has 0 unspecified atom stereocenters. The van der Waals surface area contributed by atoms with Gasteiger partial charge in [-0.25, -0.2) is 4.39 Å². The van der Waals surface area contributed by atoms with Crippen LogP contribution in [0.5, 0.6) is 0 Å². The maximum absolute atomic E-state index is 13.1. The van der Waals surface area contributed by atoms with Crippen molar-refractivity contribution in [2.24, 2.45) is 5.92 Å². The fraction of sp³-hybridized carbons (Fsp3) is 0.538. The van der Waals surface area contributed by atoms with Crippen molar-refractivity contribution >= 4 is 5.69 Å². The molecule has 1 aromatic carbocycles. The fourth-order valence-electron chi connectivity index (χ4n) is 2.02. The molecule has 2 rings (SSSR count). The molecule has 0 radical (unpaired) electrons. The molecule has 0 atom stereocenters. The SMILES string of the molecule is Nc1cc(F)cc(COCC2CCOCC2)c1. The van der Waals surface area contributed by atoms with Crippen LogP contribution in [0.1, 0.15) is 18.4 Å². The Hall–Kier alpha value is -1.13. The molecule has 4 heteroatoms. The van der Waals surface area contributed by atoms with E-state index in [1.54, 1.807) is 6.07 Å².